The van der Waals surface area contributed by atoms with Gasteiger partial charge in [0, 0.05) is 5.69 Å². The molecule has 1 aliphatic heterocycles. The maximum absolute atomic E-state index is 13.3. The van der Waals surface area contributed by atoms with Crippen LogP contribution in [0, 0.1) is 18.3 Å². The van der Waals surface area contributed by atoms with Crippen LogP contribution in [-0.2, 0) is 9.59 Å². The molecule has 1 saturated heterocycles. The third-order valence-electron chi connectivity index (χ3n) is 6.65. The summed E-state index contributed by atoms with van der Waals surface area (Å²) in [5.41, 5.74) is 1.17. The number of urea groups is 1. The van der Waals surface area contributed by atoms with Gasteiger partial charge < -0.3 is 16.0 Å². The molecule has 1 saturated carbocycles. The number of nitrogens with one attached hydrogen (secondary N) is 3. The number of carbonyl (C=O) groups excluding carboxylic acids is 4. The van der Waals surface area contributed by atoms with E-state index in [0.29, 0.717) is 24.2 Å². The van der Waals surface area contributed by atoms with Gasteiger partial charge in [-0.25, -0.2) is 4.79 Å². The number of hydrogen-bond donors (Lipinski definition) is 3. The molecular weight excluding hydrogens is 444 g/mol. The average Bonchev–Trinajstić information content (AvgIpc) is 2.95. The van der Waals surface area contributed by atoms with Crippen molar-refractivity contribution in [2.24, 2.45) is 11.3 Å². The Morgan fingerprint density at radius 1 is 1.06 bits per heavy atom. The van der Waals surface area contributed by atoms with E-state index >= 15 is 0 Å². The molecule has 2 unspecified atom stereocenters. The first-order chi connectivity index (χ1) is 16.5. The SMILES string of the molecule is Cc1cccc(NC(=O)c2ccccc2NC(=O)CN2C(=O)NC3(CC(C)CC(C)(C)C3)C2=O)c1. The smallest absolute Gasteiger partial charge is 0.324 e. The zero-order chi connectivity index (χ0) is 25.4. The van der Waals surface area contributed by atoms with E-state index in [-0.39, 0.29) is 28.7 Å². The molecule has 0 bridgehead atoms. The van der Waals surface area contributed by atoms with Gasteiger partial charge in [0.05, 0.1) is 11.3 Å². The van der Waals surface area contributed by atoms with Crippen molar-refractivity contribution in [3.05, 3.63) is 59.7 Å². The van der Waals surface area contributed by atoms with Gasteiger partial charge in [0.1, 0.15) is 12.1 Å². The van der Waals surface area contributed by atoms with E-state index in [1.54, 1.807) is 30.3 Å². The number of carbonyl (C=O) groups is 4. The molecule has 4 rings (SSSR count). The first-order valence-corrected chi connectivity index (χ1v) is 11.9. The summed E-state index contributed by atoms with van der Waals surface area (Å²) < 4.78 is 0. The Morgan fingerprint density at radius 3 is 2.51 bits per heavy atom. The van der Waals surface area contributed by atoms with Crippen LogP contribution in [0.25, 0.3) is 0 Å². The molecule has 2 atom stereocenters. The van der Waals surface area contributed by atoms with E-state index < -0.39 is 24.0 Å². The number of hydrogen-bond acceptors (Lipinski definition) is 4. The summed E-state index contributed by atoms with van der Waals surface area (Å²) in [5.74, 6) is -1.01. The highest BCUT2D eigenvalue weighted by Crippen LogP contribution is 2.46. The van der Waals surface area contributed by atoms with Gasteiger partial charge in [-0.2, -0.15) is 0 Å². The molecule has 5 amide bonds. The molecule has 8 nitrogen and oxygen atoms in total. The summed E-state index contributed by atoms with van der Waals surface area (Å²) in [7, 11) is 0. The second kappa shape index (κ2) is 9.17. The number of para-hydroxylation sites is 1. The molecule has 2 fully saturated rings. The molecule has 0 aromatic heterocycles. The lowest BCUT2D eigenvalue weighted by molar-refractivity contribution is -0.136. The lowest BCUT2D eigenvalue weighted by Crippen LogP contribution is -2.54. The van der Waals surface area contributed by atoms with Crippen LogP contribution in [0.1, 0.15) is 56.0 Å². The molecule has 1 aliphatic carbocycles. The molecule has 1 heterocycles. The van der Waals surface area contributed by atoms with Crippen LogP contribution in [0.15, 0.2) is 48.5 Å². The summed E-state index contributed by atoms with van der Waals surface area (Å²) in [4.78, 5) is 52.8. The highest BCUT2D eigenvalue weighted by atomic mass is 16.2. The van der Waals surface area contributed by atoms with Crippen LogP contribution in [0.3, 0.4) is 0 Å². The fraction of sp³-hybridized carbons (Fsp3) is 0.407. The van der Waals surface area contributed by atoms with Crippen molar-refractivity contribution in [1.82, 2.24) is 10.2 Å². The van der Waals surface area contributed by atoms with Gasteiger partial charge in [-0.15, -0.1) is 0 Å². The number of amides is 5. The van der Waals surface area contributed by atoms with Crippen LogP contribution in [0.2, 0.25) is 0 Å². The van der Waals surface area contributed by atoms with Crippen molar-refractivity contribution in [3.8, 4) is 0 Å². The van der Waals surface area contributed by atoms with Crippen molar-refractivity contribution in [1.29, 1.82) is 0 Å². The molecule has 3 N–H and O–H groups in total. The predicted molar refractivity (Wildman–Crippen MR) is 134 cm³/mol. The summed E-state index contributed by atoms with van der Waals surface area (Å²) in [6, 6.07) is 13.5. The Kier molecular flexibility index (Phi) is 6.40. The minimum Gasteiger partial charge on any atom is -0.324 e. The average molecular weight is 477 g/mol. The Balaban J connectivity index is 1.46. The maximum atomic E-state index is 13.3. The van der Waals surface area contributed by atoms with Gasteiger partial charge in [-0.05, 0) is 67.3 Å². The number of aryl methyl sites for hydroxylation is 1. The highest BCUT2D eigenvalue weighted by Gasteiger charge is 2.56. The number of benzene rings is 2. The number of nitrogens with zero attached hydrogens (tertiary/aromatic N) is 1. The molecule has 2 aliphatic rings. The summed E-state index contributed by atoms with van der Waals surface area (Å²) >= 11 is 0. The largest absolute Gasteiger partial charge is 0.325 e. The third-order valence-corrected chi connectivity index (χ3v) is 6.65. The van der Waals surface area contributed by atoms with Crippen molar-refractivity contribution in [2.45, 2.75) is 52.5 Å². The molecule has 8 heteroatoms. The third kappa shape index (κ3) is 5.21. The maximum Gasteiger partial charge on any atom is 0.325 e. The fourth-order valence-electron chi connectivity index (χ4n) is 5.69. The summed E-state index contributed by atoms with van der Waals surface area (Å²) in [6.45, 7) is 7.78. The molecule has 2 aromatic carbocycles. The molecule has 35 heavy (non-hydrogen) atoms. The molecule has 0 radical (unpaired) electrons. The van der Waals surface area contributed by atoms with Gasteiger partial charge in [0.25, 0.3) is 11.8 Å². The zero-order valence-electron chi connectivity index (χ0n) is 20.6. The van der Waals surface area contributed by atoms with E-state index in [1.165, 1.54) is 0 Å². The number of imide groups is 1. The van der Waals surface area contributed by atoms with Crippen LogP contribution < -0.4 is 16.0 Å². The van der Waals surface area contributed by atoms with Crippen molar-refractivity contribution in [2.75, 3.05) is 17.2 Å². The van der Waals surface area contributed by atoms with E-state index in [4.69, 9.17) is 0 Å². The number of rotatable bonds is 5. The van der Waals surface area contributed by atoms with Crippen LogP contribution >= 0.6 is 0 Å². The lowest BCUT2D eigenvalue weighted by Gasteiger charge is -2.43. The van der Waals surface area contributed by atoms with E-state index in [1.807, 2.05) is 25.1 Å². The fourth-order valence-corrected chi connectivity index (χ4v) is 5.69. The first-order valence-electron chi connectivity index (χ1n) is 11.9. The summed E-state index contributed by atoms with van der Waals surface area (Å²) in [6.07, 6.45) is 2.07. The minimum atomic E-state index is -0.968. The Morgan fingerprint density at radius 2 is 1.80 bits per heavy atom. The standard InChI is InChI=1S/C27H32N4O4/c1-17-8-7-9-19(12-17)28-23(33)20-10-5-6-11-21(20)29-22(32)15-31-24(34)27(30-25(31)35)14-18(2)13-26(3,4)16-27/h5-12,18H,13-16H2,1-4H3,(H,28,33)(H,29,32)(H,30,35). The predicted octanol–water partition coefficient (Wildman–Crippen LogP) is 4.32. The zero-order valence-corrected chi connectivity index (χ0v) is 20.6. The van der Waals surface area contributed by atoms with Crippen LogP contribution in [-0.4, -0.2) is 40.7 Å². The van der Waals surface area contributed by atoms with Gasteiger partial charge in [-0.1, -0.05) is 45.0 Å². The van der Waals surface area contributed by atoms with Crippen molar-refractivity contribution >= 4 is 35.1 Å². The van der Waals surface area contributed by atoms with E-state index in [2.05, 4.69) is 36.7 Å². The summed E-state index contributed by atoms with van der Waals surface area (Å²) in [5, 5.41) is 8.41. The van der Waals surface area contributed by atoms with E-state index in [0.717, 1.165) is 16.9 Å². The van der Waals surface area contributed by atoms with Crippen molar-refractivity contribution < 1.29 is 19.2 Å². The van der Waals surface area contributed by atoms with Crippen molar-refractivity contribution in [3.63, 3.8) is 0 Å². The molecule has 1 spiro atoms. The topological polar surface area (TPSA) is 108 Å². The lowest BCUT2D eigenvalue weighted by atomic mass is 9.64. The first kappa shape index (κ1) is 24.4. The quantitative estimate of drug-likeness (QED) is 0.559. The Bertz CT molecular complexity index is 1190. The van der Waals surface area contributed by atoms with E-state index in [9.17, 15) is 19.2 Å². The van der Waals surface area contributed by atoms with Gasteiger partial charge >= 0.3 is 6.03 Å². The molecule has 184 valence electrons. The second-order valence-corrected chi connectivity index (χ2v) is 10.7. The highest BCUT2D eigenvalue weighted by molar-refractivity contribution is 6.12. The van der Waals surface area contributed by atoms with Gasteiger partial charge in [0.15, 0.2) is 0 Å². The molecule has 2 aromatic rings. The monoisotopic (exact) mass is 476 g/mol. The molecular formula is C27H32N4O4. The Labute approximate surface area is 205 Å². The van der Waals surface area contributed by atoms with Crippen LogP contribution in [0.5, 0.6) is 0 Å². The Hall–Kier alpha value is -3.68. The van der Waals surface area contributed by atoms with Gasteiger partial charge in [-0.3, -0.25) is 19.3 Å². The minimum absolute atomic E-state index is 0.0948. The van der Waals surface area contributed by atoms with Crippen LogP contribution in [0.4, 0.5) is 16.2 Å². The normalized spacial score (nSPS) is 23.2. The number of anilines is 2. The van der Waals surface area contributed by atoms with Gasteiger partial charge in [0.2, 0.25) is 5.91 Å². The second-order valence-electron chi connectivity index (χ2n) is 10.7.